The molecule has 144 valence electrons. The van der Waals surface area contributed by atoms with Crippen LogP contribution in [0.25, 0.3) is 0 Å². The molecule has 0 radical (unpaired) electrons. The number of amides is 1. The van der Waals surface area contributed by atoms with Gasteiger partial charge in [0.15, 0.2) is 11.8 Å². The number of carbonyl (C=O) groups excluding carboxylic acids is 1. The van der Waals surface area contributed by atoms with E-state index in [4.69, 9.17) is 4.74 Å². The number of pyridine rings is 1. The third-order valence-electron chi connectivity index (χ3n) is 4.08. The number of nitrogens with one attached hydrogen (secondary N) is 1. The molecule has 0 saturated carbocycles. The molecule has 27 heavy (non-hydrogen) atoms. The molecule has 0 aromatic carbocycles. The average Bonchev–Trinajstić information content (AvgIpc) is 3.09. The van der Waals surface area contributed by atoms with Crippen LogP contribution in [-0.4, -0.2) is 71.4 Å². The second-order valence-electron chi connectivity index (χ2n) is 5.95. The first-order valence-electron chi connectivity index (χ1n) is 8.56. The van der Waals surface area contributed by atoms with Crippen LogP contribution in [0.5, 0.6) is 5.88 Å². The fraction of sp³-hybridized carbons (Fsp3) is 0.412. The van der Waals surface area contributed by atoms with E-state index in [9.17, 15) is 9.18 Å². The summed E-state index contributed by atoms with van der Waals surface area (Å²) < 4.78 is 20.4. The van der Waals surface area contributed by atoms with Crippen LogP contribution >= 0.6 is 0 Å². The number of piperazine rings is 1. The Bertz CT molecular complexity index is 823. The summed E-state index contributed by atoms with van der Waals surface area (Å²) in [6.45, 7) is 2.01. The molecule has 1 amide bonds. The van der Waals surface area contributed by atoms with E-state index in [0.717, 1.165) is 5.69 Å². The van der Waals surface area contributed by atoms with Crippen LogP contribution < -0.4 is 15.0 Å². The Hall–Kier alpha value is -3.17. The quantitative estimate of drug-likeness (QED) is 0.458. The zero-order valence-corrected chi connectivity index (χ0v) is 15.3. The lowest BCUT2D eigenvalue weighted by atomic mass is 10.3. The highest BCUT2D eigenvalue weighted by atomic mass is 19.1. The Morgan fingerprint density at radius 3 is 2.96 bits per heavy atom. The number of anilines is 1. The number of carbonyl (C=O) groups is 1. The monoisotopic (exact) mass is 375 g/mol. The van der Waals surface area contributed by atoms with Crippen LogP contribution in [0.3, 0.4) is 0 Å². The van der Waals surface area contributed by atoms with Crippen molar-refractivity contribution in [1.82, 2.24) is 25.0 Å². The zero-order chi connectivity index (χ0) is 19.2. The van der Waals surface area contributed by atoms with Crippen molar-refractivity contribution in [1.29, 1.82) is 0 Å². The molecule has 3 rings (SSSR count). The third-order valence-corrected chi connectivity index (χ3v) is 4.08. The maximum Gasteiger partial charge on any atom is 0.250 e. The predicted molar refractivity (Wildman–Crippen MR) is 98.2 cm³/mol. The van der Waals surface area contributed by atoms with Gasteiger partial charge in [0, 0.05) is 39.6 Å². The molecule has 0 atom stereocenters. The lowest BCUT2D eigenvalue weighted by molar-refractivity contribution is -0.120. The van der Waals surface area contributed by atoms with Gasteiger partial charge in [-0.25, -0.2) is 9.37 Å². The Labute approximate surface area is 156 Å². The Balaban J connectivity index is 1.48. The van der Waals surface area contributed by atoms with Crippen molar-refractivity contribution in [2.24, 2.45) is 12.0 Å². The number of aryl methyl sites for hydroxylation is 1. The molecule has 2 aromatic rings. The lowest BCUT2D eigenvalue weighted by Crippen LogP contribution is -2.55. The summed E-state index contributed by atoms with van der Waals surface area (Å²) in [6.07, 6.45) is 4.96. The van der Waals surface area contributed by atoms with Gasteiger partial charge in [0.05, 0.1) is 18.4 Å². The van der Waals surface area contributed by atoms with E-state index >= 15 is 0 Å². The largest absolute Gasteiger partial charge is 0.474 e. The molecule has 1 saturated heterocycles. The van der Waals surface area contributed by atoms with Gasteiger partial charge in [-0.2, -0.15) is 5.10 Å². The van der Waals surface area contributed by atoms with Crippen LogP contribution in [0.2, 0.25) is 0 Å². The second kappa shape index (κ2) is 8.47. The van der Waals surface area contributed by atoms with E-state index in [1.54, 1.807) is 22.8 Å². The van der Waals surface area contributed by atoms with E-state index in [0.29, 0.717) is 25.6 Å². The molecule has 0 unspecified atom stereocenters. The van der Waals surface area contributed by atoms with E-state index in [2.05, 4.69) is 20.4 Å². The first-order valence-corrected chi connectivity index (χ1v) is 8.56. The molecule has 3 heterocycles. The Kier molecular flexibility index (Phi) is 5.84. The van der Waals surface area contributed by atoms with Gasteiger partial charge < -0.3 is 19.9 Å². The molecular formula is C17H22FN7O2. The van der Waals surface area contributed by atoms with E-state index in [1.165, 1.54) is 18.3 Å². The van der Waals surface area contributed by atoms with Gasteiger partial charge in [-0.05, 0) is 12.1 Å². The topological polar surface area (TPSA) is 87.9 Å². The van der Waals surface area contributed by atoms with Crippen molar-refractivity contribution in [3.63, 3.8) is 0 Å². The molecule has 1 fully saturated rings. The van der Waals surface area contributed by atoms with Crippen LogP contribution in [0.1, 0.15) is 0 Å². The van der Waals surface area contributed by atoms with Gasteiger partial charge >= 0.3 is 0 Å². The van der Waals surface area contributed by atoms with Crippen LogP contribution in [0, 0.1) is 5.82 Å². The maximum absolute atomic E-state index is 13.5. The summed E-state index contributed by atoms with van der Waals surface area (Å²) in [5.41, 5.74) is 0.788. The number of aromatic nitrogens is 3. The SMILES string of the molecule is CN=C(NCCOc1ncccc1F)N1CCN(c2cnn(C)c2)C(=O)C1. The van der Waals surface area contributed by atoms with Gasteiger partial charge in [0.2, 0.25) is 11.8 Å². The van der Waals surface area contributed by atoms with Crippen molar-refractivity contribution in [3.05, 3.63) is 36.5 Å². The van der Waals surface area contributed by atoms with Crippen molar-refractivity contribution in [2.75, 3.05) is 44.7 Å². The Morgan fingerprint density at radius 1 is 1.44 bits per heavy atom. The lowest BCUT2D eigenvalue weighted by Gasteiger charge is -2.35. The normalized spacial score (nSPS) is 15.2. The van der Waals surface area contributed by atoms with Gasteiger partial charge in [0.25, 0.3) is 0 Å². The zero-order valence-electron chi connectivity index (χ0n) is 15.3. The summed E-state index contributed by atoms with van der Waals surface area (Å²) in [5.74, 6) is 0.0387. The minimum absolute atomic E-state index is 0.0241. The number of rotatable bonds is 5. The predicted octanol–water partition coefficient (Wildman–Crippen LogP) is 0.257. The molecule has 1 N–H and O–H groups in total. The standard InChI is InChI=1S/C17H22FN7O2/c1-19-17(21-6-9-27-16-14(18)4-3-5-20-16)24-7-8-25(15(26)12-24)13-10-22-23(2)11-13/h3-5,10-11H,6-9,12H2,1-2H3,(H,19,21). The summed E-state index contributed by atoms with van der Waals surface area (Å²) in [6, 6.07) is 2.80. The fourth-order valence-corrected chi connectivity index (χ4v) is 2.79. The number of aliphatic imine (C=N–C) groups is 1. The molecule has 10 heteroatoms. The molecular weight excluding hydrogens is 353 g/mol. The molecule has 0 spiro atoms. The molecule has 1 aliphatic rings. The van der Waals surface area contributed by atoms with Crippen LogP contribution in [0.15, 0.2) is 35.7 Å². The highest BCUT2D eigenvalue weighted by molar-refractivity contribution is 5.98. The highest BCUT2D eigenvalue weighted by Crippen LogP contribution is 2.16. The van der Waals surface area contributed by atoms with Crippen molar-refractivity contribution >= 4 is 17.6 Å². The van der Waals surface area contributed by atoms with E-state index < -0.39 is 5.82 Å². The molecule has 1 aliphatic heterocycles. The van der Waals surface area contributed by atoms with Crippen molar-refractivity contribution in [3.8, 4) is 5.88 Å². The summed E-state index contributed by atoms with van der Waals surface area (Å²) in [7, 11) is 3.47. The third kappa shape index (κ3) is 4.52. The number of nitrogens with zero attached hydrogens (tertiary/aromatic N) is 6. The molecule has 0 bridgehead atoms. The fourth-order valence-electron chi connectivity index (χ4n) is 2.79. The van der Waals surface area contributed by atoms with Gasteiger partial charge in [-0.15, -0.1) is 0 Å². The number of hydrogen-bond donors (Lipinski definition) is 1. The number of halogens is 1. The van der Waals surface area contributed by atoms with Crippen molar-refractivity contribution in [2.45, 2.75) is 0 Å². The number of ether oxygens (including phenoxy) is 1. The summed E-state index contributed by atoms with van der Waals surface area (Å²) in [5, 5.41) is 7.23. The number of hydrogen-bond acceptors (Lipinski definition) is 5. The first-order chi connectivity index (χ1) is 13.1. The minimum atomic E-state index is -0.501. The van der Waals surface area contributed by atoms with Crippen molar-refractivity contribution < 1.29 is 13.9 Å². The molecule has 0 aliphatic carbocycles. The highest BCUT2D eigenvalue weighted by Gasteiger charge is 2.27. The average molecular weight is 375 g/mol. The minimum Gasteiger partial charge on any atom is -0.474 e. The second-order valence-corrected chi connectivity index (χ2v) is 5.95. The first kappa shape index (κ1) is 18.6. The Morgan fingerprint density at radius 2 is 2.30 bits per heavy atom. The maximum atomic E-state index is 13.5. The summed E-state index contributed by atoms with van der Waals surface area (Å²) >= 11 is 0. The molecule has 9 nitrogen and oxygen atoms in total. The van der Waals surface area contributed by atoms with Gasteiger partial charge in [0.1, 0.15) is 13.2 Å². The summed E-state index contributed by atoms with van der Waals surface area (Å²) in [4.78, 5) is 24.1. The smallest absolute Gasteiger partial charge is 0.250 e. The van der Waals surface area contributed by atoms with Crippen LogP contribution in [0.4, 0.5) is 10.1 Å². The number of guanidine groups is 1. The van der Waals surface area contributed by atoms with Gasteiger partial charge in [-0.1, -0.05) is 0 Å². The van der Waals surface area contributed by atoms with Crippen LogP contribution in [-0.2, 0) is 11.8 Å². The van der Waals surface area contributed by atoms with E-state index in [-0.39, 0.29) is 24.9 Å². The molecule has 2 aromatic heterocycles. The van der Waals surface area contributed by atoms with E-state index in [1.807, 2.05) is 18.1 Å². The van der Waals surface area contributed by atoms with Gasteiger partial charge in [-0.3, -0.25) is 14.5 Å².